The zero-order chi connectivity index (χ0) is 21.0. The standard InChI is InChI=1S/C13H18F8O4S/c1-3-4-10(9(22)25-2,5-6-11(14,15)13(19,20)21)26(23,24)8-7-12(16,17)18/h3-8H2,1-2H3. The molecule has 0 aliphatic rings. The van der Waals surface area contributed by atoms with E-state index in [0.29, 0.717) is 7.11 Å². The van der Waals surface area contributed by atoms with Crippen molar-refractivity contribution in [2.75, 3.05) is 12.9 Å². The maximum Gasteiger partial charge on any atom is 0.453 e. The third-order valence-electron chi connectivity index (χ3n) is 3.72. The third-order valence-corrected chi connectivity index (χ3v) is 6.23. The number of sulfone groups is 1. The van der Waals surface area contributed by atoms with E-state index in [9.17, 15) is 48.3 Å². The fourth-order valence-corrected chi connectivity index (χ4v) is 4.46. The summed E-state index contributed by atoms with van der Waals surface area (Å²) in [5.74, 6) is -8.62. The van der Waals surface area contributed by atoms with Crippen molar-refractivity contribution in [3.05, 3.63) is 0 Å². The molecule has 0 aromatic rings. The van der Waals surface area contributed by atoms with E-state index in [1.165, 1.54) is 6.92 Å². The lowest BCUT2D eigenvalue weighted by atomic mass is 9.94. The SMILES string of the molecule is CCCC(CCC(F)(F)C(F)(F)F)(C(=O)OC)S(=O)(=O)CCC(F)(F)F. The van der Waals surface area contributed by atoms with Gasteiger partial charge in [0, 0.05) is 6.42 Å². The van der Waals surface area contributed by atoms with Gasteiger partial charge in [0.05, 0.1) is 19.3 Å². The fraction of sp³-hybridized carbons (Fsp3) is 0.923. The molecule has 0 bridgehead atoms. The average molecular weight is 422 g/mol. The van der Waals surface area contributed by atoms with Gasteiger partial charge in [0.15, 0.2) is 14.6 Å². The number of methoxy groups -OCH3 is 1. The Morgan fingerprint density at radius 1 is 0.885 bits per heavy atom. The molecule has 0 fully saturated rings. The highest BCUT2D eigenvalue weighted by Crippen LogP contribution is 2.43. The van der Waals surface area contributed by atoms with E-state index in [-0.39, 0.29) is 6.42 Å². The Kier molecular flexibility index (Phi) is 7.89. The molecule has 0 aliphatic heterocycles. The van der Waals surface area contributed by atoms with Gasteiger partial charge in [-0.25, -0.2) is 8.42 Å². The van der Waals surface area contributed by atoms with Gasteiger partial charge >= 0.3 is 24.2 Å². The minimum atomic E-state index is -6.00. The Morgan fingerprint density at radius 3 is 1.73 bits per heavy atom. The van der Waals surface area contributed by atoms with Gasteiger partial charge in [-0.2, -0.15) is 35.1 Å². The summed E-state index contributed by atoms with van der Waals surface area (Å²) in [5, 5.41) is 0. The maximum atomic E-state index is 13.2. The molecule has 13 heteroatoms. The average Bonchev–Trinajstić information content (AvgIpc) is 2.46. The molecule has 0 N–H and O–H groups in total. The first kappa shape index (κ1) is 24.9. The second kappa shape index (κ2) is 8.26. The molecule has 0 aromatic carbocycles. The molecule has 0 rings (SSSR count). The van der Waals surface area contributed by atoms with Gasteiger partial charge in [0.2, 0.25) is 0 Å². The number of esters is 1. The number of alkyl halides is 8. The largest absolute Gasteiger partial charge is 0.468 e. The molecule has 0 saturated heterocycles. The molecule has 4 nitrogen and oxygen atoms in total. The summed E-state index contributed by atoms with van der Waals surface area (Å²) >= 11 is 0. The zero-order valence-corrected chi connectivity index (χ0v) is 14.6. The summed E-state index contributed by atoms with van der Waals surface area (Å²) in [6.45, 7) is 1.29. The first-order valence-corrected chi connectivity index (χ1v) is 8.93. The van der Waals surface area contributed by atoms with E-state index in [1.807, 2.05) is 0 Å². The zero-order valence-electron chi connectivity index (χ0n) is 13.8. The molecule has 156 valence electrons. The number of ether oxygens (including phenoxy) is 1. The highest BCUT2D eigenvalue weighted by Gasteiger charge is 2.60. The smallest absolute Gasteiger partial charge is 0.453 e. The third kappa shape index (κ3) is 5.95. The second-order valence-corrected chi connectivity index (χ2v) is 8.04. The molecule has 26 heavy (non-hydrogen) atoms. The fourth-order valence-electron chi connectivity index (χ4n) is 2.30. The molecule has 1 unspecified atom stereocenters. The Morgan fingerprint density at radius 2 is 1.38 bits per heavy atom. The number of hydrogen-bond donors (Lipinski definition) is 0. The minimum Gasteiger partial charge on any atom is -0.468 e. The molecule has 0 saturated carbocycles. The number of rotatable bonds is 9. The van der Waals surface area contributed by atoms with Crippen molar-refractivity contribution in [1.29, 1.82) is 0 Å². The lowest BCUT2D eigenvalue weighted by molar-refractivity contribution is -0.285. The maximum absolute atomic E-state index is 13.2. The summed E-state index contributed by atoms with van der Waals surface area (Å²) in [6.07, 6.45) is -17.4. The quantitative estimate of drug-likeness (QED) is 0.416. The molecule has 0 aromatic heterocycles. The van der Waals surface area contributed by atoms with Gasteiger partial charge in [0.1, 0.15) is 0 Å². The lowest BCUT2D eigenvalue weighted by Crippen LogP contribution is -2.50. The first-order chi connectivity index (χ1) is 11.5. The van der Waals surface area contributed by atoms with Crippen LogP contribution in [0.3, 0.4) is 0 Å². The van der Waals surface area contributed by atoms with Crippen LogP contribution in [0.4, 0.5) is 35.1 Å². The van der Waals surface area contributed by atoms with Crippen LogP contribution in [0.1, 0.15) is 39.0 Å². The van der Waals surface area contributed by atoms with Gasteiger partial charge < -0.3 is 4.74 Å². The highest BCUT2D eigenvalue weighted by atomic mass is 32.2. The van der Waals surface area contributed by atoms with Crippen LogP contribution >= 0.6 is 0 Å². The molecule has 1 atom stereocenters. The monoisotopic (exact) mass is 422 g/mol. The van der Waals surface area contributed by atoms with Crippen molar-refractivity contribution in [2.45, 2.75) is 62.0 Å². The van der Waals surface area contributed by atoms with E-state index in [0.717, 1.165) is 0 Å². The predicted molar refractivity (Wildman–Crippen MR) is 74.3 cm³/mol. The van der Waals surface area contributed by atoms with Gasteiger partial charge in [-0.05, 0) is 12.8 Å². The molecule has 0 aliphatic carbocycles. The van der Waals surface area contributed by atoms with Gasteiger partial charge in [-0.3, -0.25) is 4.79 Å². The summed E-state index contributed by atoms with van der Waals surface area (Å²) in [5.41, 5.74) is 0. The Bertz CT molecular complexity index is 582. The minimum absolute atomic E-state index is 0.183. The molecular weight excluding hydrogens is 404 g/mol. The van der Waals surface area contributed by atoms with Crippen LogP contribution < -0.4 is 0 Å². The predicted octanol–water partition coefficient (Wildman–Crippen LogP) is 4.04. The van der Waals surface area contributed by atoms with Gasteiger partial charge in [0.25, 0.3) is 0 Å². The highest BCUT2D eigenvalue weighted by molar-refractivity contribution is 7.93. The summed E-state index contributed by atoms with van der Waals surface area (Å²) < 4.78 is 126. The van der Waals surface area contributed by atoms with E-state index in [4.69, 9.17) is 0 Å². The Hall–Kier alpha value is -1.14. The topological polar surface area (TPSA) is 60.4 Å². The number of hydrogen-bond acceptors (Lipinski definition) is 4. The van der Waals surface area contributed by atoms with Crippen molar-refractivity contribution in [3.8, 4) is 0 Å². The molecular formula is C13H18F8O4S. The lowest BCUT2D eigenvalue weighted by Gasteiger charge is -2.32. The van der Waals surface area contributed by atoms with Crippen LogP contribution in [0, 0.1) is 0 Å². The van der Waals surface area contributed by atoms with Crippen LogP contribution in [0.2, 0.25) is 0 Å². The second-order valence-electron chi connectivity index (χ2n) is 5.62. The molecule has 0 heterocycles. The van der Waals surface area contributed by atoms with Crippen molar-refractivity contribution in [2.24, 2.45) is 0 Å². The van der Waals surface area contributed by atoms with Crippen LogP contribution in [-0.2, 0) is 19.4 Å². The number of halogens is 8. The van der Waals surface area contributed by atoms with Crippen molar-refractivity contribution in [1.82, 2.24) is 0 Å². The van der Waals surface area contributed by atoms with Crippen LogP contribution in [0.5, 0.6) is 0 Å². The van der Waals surface area contributed by atoms with E-state index < -0.39 is 70.3 Å². The van der Waals surface area contributed by atoms with E-state index in [1.54, 1.807) is 0 Å². The van der Waals surface area contributed by atoms with E-state index >= 15 is 0 Å². The first-order valence-electron chi connectivity index (χ1n) is 7.28. The van der Waals surface area contributed by atoms with Crippen LogP contribution in [0.15, 0.2) is 0 Å². The van der Waals surface area contributed by atoms with Crippen LogP contribution in [-0.4, -0.2) is 50.3 Å². The molecule has 0 radical (unpaired) electrons. The summed E-state index contributed by atoms with van der Waals surface area (Å²) in [7, 11) is -4.39. The number of carbonyl (C=O) groups excluding carboxylic acids is 1. The Labute approximate surface area is 144 Å². The van der Waals surface area contributed by atoms with Crippen molar-refractivity contribution in [3.63, 3.8) is 0 Å². The number of carbonyl (C=O) groups is 1. The Balaban J connectivity index is 5.94. The van der Waals surface area contributed by atoms with Gasteiger partial charge in [-0.15, -0.1) is 0 Å². The molecule has 0 amide bonds. The van der Waals surface area contributed by atoms with Crippen LogP contribution in [0.25, 0.3) is 0 Å². The van der Waals surface area contributed by atoms with Crippen molar-refractivity contribution >= 4 is 15.8 Å². The van der Waals surface area contributed by atoms with Crippen molar-refractivity contribution < 1.29 is 53.1 Å². The molecule has 0 spiro atoms. The van der Waals surface area contributed by atoms with Gasteiger partial charge in [-0.1, -0.05) is 13.3 Å². The summed E-state index contributed by atoms with van der Waals surface area (Å²) in [4.78, 5) is 12.0. The van der Waals surface area contributed by atoms with E-state index in [2.05, 4.69) is 4.74 Å². The normalized spacial score (nSPS) is 16.2. The summed E-state index contributed by atoms with van der Waals surface area (Å²) in [6, 6.07) is 0.